The van der Waals surface area contributed by atoms with Gasteiger partial charge in [-0.2, -0.15) is 5.26 Å². The van der Waals surface area contributed by atoms with Crippen molar-refractivity contribution in [2.24, 2.45) is 11.8 Å². The highest BCUT2D eigenvalue weighted by molar-refractivity contribution is 5.92. The van der Waals surface area contributed by atoms with E-state index >= 15 is 0 Å². The highest BCUT2D eigenvalue weighted by Gasteiger charge is 2.16. The Kier molecular flexibility index (Phi) is 5.19. The first-order valence-corrected chi connectivity index (χ1v) is 5.95. The van der Waals surface area contributed by atoms with Crippen molar-refractivity contribution < 1.29 is 9.53 Å². The van der Waals surface area contributed by atoms with Crippen LogP contribution in [0.5, 0.6) is 5.75 Å². The van der Waals surface area contributed by atoms with Crippen LogP contribution in [0.4, 0.5) is 5.69 Å². The number of nitrogens with one attached hydrogen (secondary N) is 1. The second-order valence-electron chi connectivity index (χ2n) is 4.49. The third kappa shape index (κ3) is 4.10. The van der Waals surface area contributed by atoms with Crippen LogP contribution >= 0.6 is 0 Å². The Morgan fingerprint density at radius 3 is 2.44 bits per heavy atom. The molecule has 0 heterocycles. The smallest absolute Gasteiger partial charge is 0.227 e. The number of ether oxygens (including phenoxy) is 1. The molecule has 0 spiro atoms. The zero-order valence-electron chi connectivity index (χ0n) is 10.9. The summed E-state index contributed by atoms with van der Waals surface area (Å²) in [7, 11) is 0. The second-order valence-corrected chi connectivity index (χ2v) is 4.49. The zero-order chi connectivity index (χ0) is 13.5. The predicted octanol–water partition coefficient (Wildman–Crippen LogP) is 2.82. The average Bonchev–Trinajstić information content (AvgIpc) is 2.36. The molecule has 0 radical (unpaired) electrons. The third-order valence-electron chi connectivity index (χ3n) is 2.84. The van der Waals surface area contributed by atoms with Gasteiger partial charge in [-0.15, -0.1) is 0 Å². The fourth-order valence-corrected chi connectivity index (χ4v) is 1.31. The van der Waals surface area contributed by atoms with E-state index in [0.717, 1.165) is 5.69 Å². The summed E-state index contributed by atoms with van der Waals surface area (Å²) < 4.78 is 5.13. The molecule has 1 rings (SSSR count). The first kappa shape index (κ1) is 14.0. The summed E-state index contributed by atoms with van der Waals surface area (Å²) in [5.74, 6) is 0.907. The first-order valence-electron chi connectivity index (χ1n) is 5.95. The zero-order valence-corrected chi connectivity index (χ0v) is 10.9. The lowest BCUT2D eigenvalue weighted by molar-refractivity contribution is -0.120. The van der Waals surface area contributed by atoms with E-state index < -0.39 is 0 Å². The molecule has 18 heavy (non-hydrogen) atoms. The molecule has 4 nitrogen and oxygen atoms in total. The van der Waals surface area contributed by atoms with Crippen molar-refractivity contribution in [1.82, 2.24) is 0 Å². The number of amides is 1. The molecule has 1 aromatic carbocycles. The molecule has 0 bridgehead atoms. The molecule has 1 atom stereocenters. The van der Waals surface area contributed by atoms with Crippen LogP contribution in [0.2, 0.25) is 0 Å². The summed E-state index contributed by atoms with van der Waals surface area (Å²) in [4.78, 5) is 11.8. The van der Waals surface area contributed by atoms with E-state index in [9.17, 15) is 4.79 Å². The molecule has 0 aliphatic heterocycles. The topological polar surface area (TPSA) is 62.1 Å². The van der Waals surface area contributed by atoms with Crippen LogP contribution in [-0.2, 0) is 4.79 Å². The van der Waals surface area contributed by atoms with Gasteiger partial charge in [0.1, 0.15) is 11.8 Å². The van der Waals surface area contributed by atoms with Crippen molar-refractivity contribution in [2.75, 3.05) is 11.9 Å². The van der Waals surface area contributed by atoms with Gasteiger partial charge in [-0.3, -0.25) is 4.79 Å². The predicted molar refractivity (Wildman–Crippen MR) is 70.2 cm³/mol. The van der Waals surface area contributed by atoms with E-state index in [1.807, 2.05) is 26.8 Å². The molecular formula is C14H18N2O2. The number of anilines is 1. The molecule has 0 fully saturated rings. The molecule has 0 aromatic heterocycles. The van der Waals surface area contributed by atoms with Crippen molar-refractivity contribution in [3.63, 3.8) is 0 Å². The Morgan fingerprint density at radius 1 is 1.33 bits per heavy atom. The van der Waals surface area contributed by atoms with Gasteiger partial charge in [-0.05, 0) is 30.2 Å². The lowest BCUT2D eigenvalue weighted by atomic mass is 9.97. The minimum Gasteiger partial charge on any atom is -0.479 e. The van der Waals surface area contributed by atoms with E-state index in [2.05, 4.69) is 5.32 Å². The average molecular weight is 246 g/mol. The summed E-state index contributed by atoms with van der Waals surface area (Å²) in [6.07, 6.45) is 0. The summed E-state index contributed by atoms with van der Waals surface area (Å²) >= 11 is 0. The normalized spacial score (nSPS) is 11.7. The van der Waals surface area contributed by atoms with Gasteiger partial charge in [0.2, 0.25) is 5.91 Å². The van der Waals surface area contributed by atoms with Gasteiger partial charge in [0.25, 0.3) is 0 Å². The SMILES string of the molecule is CC(C)C(C)C(=O)Nc1ccc(OCC#N)cc1. The largest absolute Gasteiger partial charge is 0.479 e. The first-order chi connectivity index (χ1) is 8.54. The van der Waals surface area contributed by atoms with Crippen molar-refractivity contribution >= 4 is 11.6 Å². The standard InChI is InChI=1S/C14H18N2O2/c1-10(2)11(3)14(17)16-12-4-6-13(7-5-12)18-9-8-15/h4-7,10-11H,9H2,1-3H3,(H,16,17). The van der Waals surface area contributed by atoms with Crippen LogP contribution in [0.15, 0.2) is 24.3 Å². The molecule has 0 saturated heterocycles. The number of nitriles is 1. The second kappa shape index (κ2) is 6.65. The summed E-state index contributed by atoms with van der Waals surface area (Å²) in [5.41, 5.74) is 0.733. The maximum absolute atomic E-state index is 11.8. The van der Waals surface area contributed by atoms with E-state index in [-0.39, 0.29) is 18.4 Å². The number of benzene rings is 1. The minimum atomic E-state index is -0.0282. The third-order valence-corrected chi connectivity index (χ3v) is 2.84. The summed E-state index contributed by atoms with van der Waals surface area (Å²) in [5, 5.41) is 11.2. The Hall–Kier alpha value is -2.02. The van der Waals surface area contributed by atoms with Crippen molar-refractivity contribution in [1.29, 1.82) is 5.26 Å². The van der Waals surface area contributed by atoms with Gasteiger partial charge in [0, 0.05) is 11.6 Å². The number of carbonyl (C=O) groups excluding carboxylic acids is 1. The molecule has 1 amide bonds. The van der Waals surface area contributed by atoms with E-state index in [1.54, 1.807) is 24.3 Å². The van der Waals surface area contributed by atoms with Gasteiger partial charge < -0.3 is 10.1 Å². The Morgan fingerprint density at radius 2 is 1.94 bits per heavy atom. The lowest BCUT2D eigenvalue weighted by Gasteiger charge is -2.15. The fourth-order valence-electron chi connectivity index (χ4n) is 1.31. The highest BCUT2D eigenvalue weighted by atomic mass is 16.5. The van der Waals surface area contributed by atoms with Gasteiger partial charge in [0.05, 0.1) is 0 Å². The minimum absolute atomic E-state index is 0.00990. The van der Waals surface area contributed by atoms with Crippen LogP contribution in [0.25, 0.3) is 0 Å². The molecule has 0 aliphatic rings. The van der Waals surface area contributed by atoms with Gasteiger partial charge in [-0.25, -0.2) is 0 Å². The quantitative estimate of drug-likeness (QED) is 0.869. The van der Waals surface area contributed by atoms with Crippen molar-refractivity contribution in [3.05, 3.63) is 24.3 Å². The molecule has 96 valence electrons. The van der Waals surface area contributed by atoms with Crippen LogP contribution in [0.1, 0.15) is 20.8 Å². The molecule has 0 saturated carbocycles. The summed E-state index contributed by atoms with van der Waals surface area (Å²) in [6.45, 7) is 5.96. The van der Waals surface area contributed by atoms with E-state index in [4.69, 9.17) is 10.00 Å². The Balaban J connectivity index is 2.59. The number of rotatable bonds is 5. The number of hydrogen-bond donors (Lipinski definition) is 1. The van der Waals surface area contributed by atoms with Crippen LogP contribution in [0, 0.1) is 23.2 Å². The number of hydrogen-bond acceptors (Lipinski definition) is 3. The molecule has 1 N–H and O–H groups in total. The molecular weight excluding hydrogens is 228 g/mol. The van der Waals surface area contributed by atoms with Gasteiger partial charge in [-0.1, -0.05) is 20.8 Å². The van der Waals surface area contributed by atoms with Crippen molar-refractivity contribution in [2.45, 2.75) is 20.8 Å². The Bertz CT molecular complexity index is 432. The maximum Gasteiger partial charge on any atom is 0.227 e. The fraction of sp³-hybridized carbons (Fsp3) is 0.429. The van der Waals surface area contributed by atoms with E-state index in [0.29, 0.717) is 11.7 Å². The number of nitrogens with zero attached hydrogens (tertiary/aromatic N) is 1. The molecule has 1 unspecified atom stereocenters. The van der Waals surface area contributed by atoms with Crippen LogP contribution in [-0.4, -0.2) is 12.5 Å². The van der Waals surface area contributed by atoms with E-state index in [1.165, 1.54) is 0 Å². The Labute approximate surface area is 108 Å². The molecule has 1 aromatic rings. The monoisotopic (exact) mass is 246 g/mol. The maximum atomic E-state index is 11.8. The van der Waals surface area contributed by atoms with Crippen LogP contribution < -0.4 is 10.1 Å². The highest BCUT2D eigenvalue weighted by Crippen LogP contribution is 2.18. The van der Waals surface area contributed by atoms with Crippen molar-refractivity contribution in [3.8, 4) is 11.8 Å². The van der Waals surface area contributed by atoms with Crippen LogP contribution in [0.3, 0.4) is 0 Å². The lowest BCUT2D eigenvalue weighted by Crippen LogP contribution is -2.24. The number of carbonyl (C=O) groups is 1. The van der Waals surface area contributed by atoms with Gasteiger partial charge in [0.15, 0.2) is 6.61 Å². The molecule has 4 heteroatoms. The molecule has 0 aliphatic carbocycles. The van der Waals surface area contributed by atoms with Gasteiger partial charge >= 0.3 is 0 Å². The summed E-state index contributed by atoms with van der Waals surface area (Å²) in [6, 6.07) is 8.88.